The molecule has 134 valence electrons. The molecule has 2 aromatic rings. The van der Waals surface area contributed by atoms with E-state index in [0.717, 1.165) is 6.42 Å². The van der Waals surface area contributed by atoms with Crippen molar-refractivity contribution in [3.63, 3.8) is 0 Å². The molecule has 0 spiro atoms. The molecule has 0 bridgehead atoms. The van der Waals surface area contributed by atoms with E-state index in [9.17, 15) is 13.2 Å². The Morgan fingerprint density at radius 3 is 2.24 bits per heavy atom. The van der Waals surface area contributed by atoms with E-state index in [0.29, 0.717) is 17.4 Å². The standard InChI is InChI=1S/C18H22N2O4S/c1-3-13(2)14-4-8-16(9-5-14)24-12-18(21)20-15-6-10-17(11-7-15)25(19,22)23/h4-11,13H,3,12H2,1-2H3,(H,20,21)(H2,19,22,23)/t13-/m0/s1. The van der Waals surface area contributed by atoms with Crippen LogP contribution in [0.2, 0.25) is 0 Å². The second kappa shape index (κ2) is 8.13. The maximum atomic E-state index is 11.9. The summed E-state index contributed by atoms with van der Waals surface area (Å²) in [4.78, 5) is 11.9. The SMILES string of the molecule is CC[C@H](C)c1ccc(OCC(=O)Nc2ccc(S(N)(=O)=O)cc2)cc1. The van der Waals surface area contributed by atoms with Gasteiger partial charge in [0.2, 0.25) is 10.0 Å². The van der Waals surface area contributed by atoms with Crippen LogP contribution in [0.1, 0.15) is 31.7 Å². The van der Waals surface area contributed by atoms with Gasteiger partial charge in [-0.25, -0.2) is 13.6 Å². The first kappa shape index (κ1) is 19.0. The number of ether oxygens (including phenoxy) is 1. The summed E-state index contributed by atoms with van der Waals surface area (Å²) < 4.78 is 27.8. The van der Waals surface area contributed by atoms with Crippen molar-refractivity contribution in [1.29, 1.82) is 0 Å². The summed E-state index contributed by atoms with van der Waals surface area (Å²) in [6, 6.07) is 13.3. The van der Waals surface area contributed by atoms with Crippen LogP contribution in [0.25, 0.3) is 0 Å². The normalized spacial score (nSPS) is 12.4. The summed E-state index contributed by atoms with van der Waals surface area (Å²) in [7, 11) is -3.74. The van der Waals surface area contributed by atoms with Gasteiger partial charge in [0.25, 0.3) is 5.91 Å². The molecule has 2 rings (SSSR count). The molecule has 0 saturated carbocycles. The van der Waals surface area contributed by atoms with Gasteiger partial charge in [0.05, 0.1) is 4.90 Å². The Bertz CT molecular complexity index is 815. The maximum Gasteiger partial charge on any atom is 0.262 e. The summed E-state index contributed by atoms with van der Waals surface area (Å²) in [5, 5.41) is 7.65. The van der Waals surface area contributed by atoms with Gasteiger partial charge in [0, 0.05) is 5.69 Å². The van der Waals surface area contributed by atoms with Crippen molar-refractivity contribution in [2.45, 2.75) is 31.1 Å². The van der Waals surface area contributed by atoms with Crippen molar-refractivity contribution in [3.05, 3.63) is 54.1 Å². The van der Waals surface area contributed by atoms with E-state index in [1.165, 1.54) is 29.8 Å². The lowest BCUT2D eigenvalue weighted by Crippen LogP contribution is -2.20. The van der Waals surface area contributed by atoms with Crippen molar-refractivity contribution < 1.29 is 17.9 Å². The molecule has 0 unspecified atom stereocenters. The first-order valence-electron chi connectivity index (χ1n) is 7.95. The maximum absolute atomic E-state index is 11.9. The summed E-state index contributed by atoms with van der Waals surface area (Å²) in [5.74, 6) is 0.763. The summed E-state index contributed by atoms with van der Waals surface area (Å²) in [6.07, 6.45) is 1.06. The molecule has 0 aliphatic carbocycles. The molecule has 0 aliphatic heterocycles. The number of hydrogen-bond acceptors (Lipinski definition) is 4. The molecule has 1 amide bonds. The lowest BCUT2D eigenvalue weighted by Gasteiger charge is -2.11. The van der Waals surface area contributed by atoms with Gasteiger partial charge in [0.1, 0.15) is 5.75 Å². The smallest absolute Gasteiger partial charge is 0.262 e. The third-order valence-corrected chi connectivity index (χ3v) is 4.83. The number of sulfonamides is 1. The van der Waals surface area contributed by atoms with E-state index in [1.807, 2.05) is 24.3 Å². The molecule has 0 heterocycles. The number of carbonyl (C=O) groups excluding carboxylic acids is 1. The zero-order chi connectivity index (χ0) is 18.4. The van der Waals surface area contributed by atoms with Crippen molar-refractivity contribution in [3.8, 4) is 5.75 Å². The number of rotatable bonds is 7. The first-order valence-corrected chi connectivity index (χ1v) is 9.49. The molecular weight excluding hydrogens is 340 g/mol. The number of primary sulfonamides is 1. The molecule has 25 heavy (non-hydrogen) atoms. The molecule has 0 fully saturated rings. The van der Waals surface area contributed by atoms with Gasteiger partial charge in [-0.05, 0) is 54.3 Å². The Morgan fingerprint density at radius 1 is 1.12 bits per heavy atom. The Labute approximate surface area is 148 Å². The lowest BCUT2D eigenvalue weighted by molar-refractivity contribution is -0.118. The number of nitrogens with one attached hydrogen (secondary N) is 1. The number of amides is 1. The number of benzene rings is 2. The highest BCUT2D eigenvalue weighted by Crippen LogP contribution is 2.21. The van der Waals surface area contributed by atoms with Crippen LogP contribution in [-0.2, 0) is 14.8 Å². The summed E-state index contributed by atoms with van der Waals surface area (Å²) in [5.41, 5.74) is 1.70. The Hall–Kier alpha value is -2.38. The van der Waals surface area contributed by atoms with Crippen molar-refractivity contribution in [2.24, 2.45) is 5.14 Å². The van der Waals surface area contributed by atoms with Gasteiger partial charge in [-0.3, -0.25) is 4.79 Å². The molecule has 0 aliphatic rings. The van der Waals surface area contributed by atoms with Crippen molar-refractivity contribution in [1.82, 2.24) is 0 Å². The highest BCUT2D eigenvalue weighted by Gasteiger charge is 2.09. The highest BCUT2D eigenvalue weighted by atomic mass is 32.2. The minimum atomic E-state index is -3.74. The van der Waals surface area contributed by atoms with Gasteiger partial charge >= 0.3 is 0 Å². The molecule has 0 radical (unpaired) electrons. The van der Waals surface area contributed by atoms with Crippen molar-refractivity contribution >= 4 is 21.6 Å². The number of anilines is 1. The predicted molar refractivity (Wildman–Crippen MR) is 97.1 cm³/mol. The third kappa shape index (κ3) is 5.58. The number of hydrogen-bond donors (Lipinski definition) is 2. The molecule has 3 N–H and O–H groups in total. The van der Waals surface area contributed by atoms with Crippen LogP contribution >= 0.6 is 0 Å². The number of nitrogens with two attached hydrogens (primary N) is 1. The first-order chi connectivity index (χ1) is 11.8. The molecule has 1 atom stereocenters. The van der Waals surface area contributed by atoms with Crippen LogP contribution in [0, 0.1) is 0 Å². The molecule has 6 nitrogen and oxygen atoms in total. The zero-order valence-corrected chi connectivity index (χ0v) is 15.0. The third-order valence-electron chi connectivity index (χ3n) is 3.90. The molecule has 0 aromatic heterocycles. The molecule has 7 heteroatoms. The van der Waals surface area contributed by atoms with E-state index >= 15 is 0 Å². The van der Waals surface area contributed by atoms with E-state index in [-0.39, 0.29) is 17.4 Å². The van der Waals surface area contributed by atoms with E-state index in [1.54, 1.807) is 0 Å². The fourth-order valence-electron chi connectivity index (χ4n) is 2.20. The second-order valence-electron chi connectivity index (χ2n) is 5.78. The van der Waals surface area contributed by atoms with Crippen LogP contribution in [0.3, 0.4) is 0 Å². The monoisotopic (exact) mass is 362 g/mol. The number of carbonyl (C=O) groups is 1. The van der Waals surface area contributed by atoms with Crippen LogP contribution in [-0.4, -0.2) is 20.9 Å². The molecular formula is C18H22N2O4S. The topological polar surface area (TPSA) is 98.5 Å². The predicted octanol–water partition coefficient (Wildman–Crippen LogP) is 2.87. The van der Waals surface area contributed by atoms with Crippen LogP contribution in [0.5, 0.6) is 5.75 Å². The minimum absolute atomic E-state index is 0.0110. The average molecular weight is 362 g/mol. The Kier molecular flexibility index (Phi) is 6.17. The van der Waals surface area contributed by atoms with Crippen molar-refractivity contribution in [2.75, 3.05) is 11.9 Å². The molecule has 2 aromatic carbocycles. The lowest BCUT2D eigenvalue weighted by atomic mass is 9.99. The van der Waals surface area contributed by atoms with Crippen LogP contribution < -0.4 is 15.2 Å². The van der Waals surface area contributed by atoms with E-state index in [4.69, 9.17) is 9.88 Å². The minimum Gasteiger partial charge on any atom is -0.484 e. The summed E-state index contributed by atoms with van der Waals surface area (Å²) in [6.45, 7) is 4.15. The second-order valence-corrected chi connectivity index (χ2v) is 7.35. The van der Waals surface area contributed by atoms with Gasteiger partial charge in [-0.1, -0.05) is 26.0 Å². The van der Waals surface area contributed by atoms with Gasteiger partial charge in [0.15, 0.2) is 6.61 Å². The fraction of sp³-hybridized carbons (Fsp3) is 0.278. The Balaban J connectivity index is 1.88. The van der Waals surface area contributed by atoms with Gasteiger partial charge in [-0.15, -0.1) is 0 Å². The van der Waals surface area contributed by atoms with Crippen LogP contribution in [0.4, 0.5) is 5.69 Å². The average Bonchev–Trinajstić information content (AvgIpc) is 2.59. The van der Waals surface area contributed by atoms with Crippen LogP contribution in [0.15, 0.2) is 53.4 Å². The fourth-order valence-corrected chi connectivity index (χ4v) is 2.72. The highest BCUT2D eigenvalue weighted by molar-refractivity contribution is 7.89. The molecule has 0 saturated heterocycles. The largest absolute Gasteiger partial charge is 0.484 e. The van der Waals surface area contributed by atoms with E-state index in [2.05, 4.69) is 19.2 Å². The Morgan fingerprint density at radius 2 is 1.72 bits per heavy atom. The van der Waals surface area contributed by atoms with E-state index < -0.39 is 10.0 Å². The quantitative estimate of drug-likeness (QED) is 0.791. The zero-order valence-electron chi connectivity index (χ0n) is 14.2. The summed E-state index contributed by atoms with van der Waals surface area (Å²) >= 11 is 0. The van der Waals surface area contributed by atoms with Gasteiger partial charge in [-0.2, -0.15) is 0 Å². The van der Waals surface area contributed by atoms with Gasteiger partial charge < -0.3 is 10.1 Å².